The van der Waals surface area contributed by atoms with Crippen LogP contribution in [0.25, 0.3) is 0 Å². The average Bonchev–Trinajstić information content (AvgIpc) is 2.19. The topological polar surface area (TPSA) is 41.1 Å². The van der Waals surface area contributed by atoms with E-state index in [2.05, 4.69) is 23.6 Å². The van der Waals surface area contributed by atoms with Crippen LogP contribution in [0.15, 0.2) is 24.3 Å². The molecule has 0 fully saturated rings. The highest BCUT2D eigenvalue weighted by Crippen LogP contribution is 2.12. The number of aryl methyl sites for hydroxylation is 1. The highest BCUT2D eigenvalue weighted by molar-refractivity contribution is 5.76. The van der Waals surface area contributed by atoms with Crippen LogP contribution >= 0.6 is 0 Å². The molecule has 0 aliphatic rings. The SMILES string of the molecule is Cc1ccccc1NCCC(=O)NC(C)C. The van der Waals surface area contributed by atoms with Crippen molar-refractivity contribution in [1.29, 1.82) is 0 Å². The molecule has 1 aromatic carbocycles. The van der Waals surface area contributed by atoms with Crippen molar-refractivity contribution in [2.45, 2.75) is 33.2 Å². The van der Waals surface area contributed by atoms with Gasteiger partial charge >= 0.3 is 0 Å². The summed E-state index contributed by atoms with van der Waals surface area (Å²) < 4.78 is 0. The molecule has 0 saturated heterocycles. The number of anilines is 1. The molecule has 1 aromatic rings. The second-order valence-electron chi connectivity index (χ2n) is 4.21. The Morgan fingerprint density at radius 3 is 2.62 bits per heavy atom. The molecule has 16 heavy (non-hydrogen) atoms. The Labute approximate surface area is 97.2 Å². The van der Waals surface area contributed by atoms with Crippen LogP contribution in [0.5, 0.6) is 0 Å². The number of amides is 1. The highest BCUT2D eigenvalue weighted by Gasteiger charge is 2.02. The van der Waals surface area contributed by atoms with Gasteiger partial charge < -0.3 is 10.6 Å². The van der Waals surface area contributed by atoms with Crippen LogP contribution in [-0.4, -0.2) is 18.5 Å². The summed E-state index contributed by atoms with van der Waals surface area (Å²) in [4.78, 5) is 11.4. The zero-order valence-corrected chi connectivity index (χ0v) is 10.2. The Kier molecular flexibility index (Phi) is 4.83. The fourth-order valence-corrected chi connectivity index (χ4v) is 1.48. The maximum absolute atomic E-state index is 11.4. The van der Waals surface area contributed by atoms with E-state index in [1.54, 1.807) is 0 Å². The maximum atomic E-state index is 11.4. The maximum Gasteiger partial charge on any atom is 0.221 e. The van der Waals surface area contributed by atoms with Crippen molar-refractivity contribution >= 4 is 11.6 Å². The van der Waals surface area contributed by atoms with Gasteiger partial charge in [-0.25, -0.2) is 0 Å². The first-order valence-corrected chi connectivity index (χ1v) is 5.68. The second-order valence-corrected chi connectivity index (χ2v) is 4.21. The van der Waals surface area contributed by atoms with Crippen molar-refractivity contribution in [3.63, 3.8) is 0 Å². The summed E-state index contributed by atoms with van der Waals surface area (Å²) in [5.41, 5.74) is 2.30. The summed E-state index contributed by atoms with van der Waals surface area (Å²) >= 11 is 0. The molecule has 1 amide bonds. The average molecular weight is 220 g/mol. The quantitative estimate of drug-likeness (QED) is 0.799. The zero-order valence-electron chi connectivity index (χ0n) is 10.2. The second kappa shape index (κ2) is 6.16. The standard InChI is InChI=1S/C13H20N2O/c1-10(2)15-13(16)8-9-14-12-7-5-4-6-11(12)3/h4-7,10,14H,8-9H2,1-3H3,(H,15,16). The molecule has 3 heteroatoms. The van der Waals surface area contributed by atoms with Crippen LogP contribution in [0.1, 0.15) is 25.8 Å². The van der Waals surface area contributed by atoms with E-state index in [9.17, 15) is 4.79 Å². The summed E-state index contributed by atoms with van der Waals surface area (Å²) in [6.45, 7) is 6.65. The van der Waals surface area contributed by atoms with Gasteiger partial charge in [0.25, 0.3) is 0 Å². The molecule has 0 aromatic heterocycles. The molecule has 0 aliphatic heterocycles. The van der Waals surface area contributed by atoms with E-state index >= 15 is 0 Å². The van der Waals surface area contributed by atoms with Gasteiger partial charge in [0.05, 0.1) is 0 Å². The van der Waals surface area contributed by atoms with Crippen molar-refractivity contribution in [3.8, 4) is 0 Å². The van der Waals surface area contributed by atoms with Crippen molar-refractivity contribution < 1.29 is 4.79 Å². The largest absolute Gasteiger partial charge is 0.384 e. The monoisotopic (exact) mass is 220 g/mol. The van der Waals surface area contributed by atoms with Gasteiger partial charge in [-0.2, -0.15) is 0 Å². The fourth-order valence-electron chi connectivity index (χ4n) is 1.48. The Balaban J connectivity index is 2.31. The van der Waals surface area contributed by atoms with Crippen molar-refractivity contribution in [3.05, 3.63) is 29.8 Å². The molecule has 0 bridgehead atoms. The van der Waals surface area contributed by atoms with E-state index in [-0.39, 0.29) is 11.9 Å². The van der Waals surface area contributed by atoms with E-state index in [0.29, 0.717) is 13.0 Å². The van der Waals surface area contributed by atoms with Gasteiger partial charge in [0, 0.05) is 24.7 Å². The van der Waals surface area contributed by atoms with Gasteiger partial charge in [-0.15, -0.1) is 0 Å². The van der Waals surface area contributed by atoms with Gasteiger partial charge in [-0.1, -0.05) is 18.2 Å². The lowest BCUT2D eigenvalue weighted by atomic mass is 10.2. The van der Waals surface area contributed by atoms with E-state index in [1.165, 1.54) is 5.56 Å². The fraction of sp³-hybridized carbons (Fsp3) is 0.462. The number of hydrogen-bond acceptors (Lipinski definition) is 2. The molecule has 0 heterocycles. The van der Waals surface area contributed by atoms with Crippen LogP contribution in [-0.2, 0) is 4.79 Å². The molecule has 1 rings (SSSR count). The molecule has 0 aliphatic carbocycles. The van der Waals surface area contributed by atoms with Gasteiger partial charge in [-0.05, 0) is 32.4 Å². The molecule has 0 radical (unpaired) electrons. The highest BCUT2D eigenvalue weighted by atomic mass is 16.1. The lowest BCUT2D eigenvalue weighted by Crippen LogP contribution is -2.31. The summed E-state index contributed by atoms with van der Waals surface area (Å²) in [5.74, 6) is 0.0936. The van der Waals surface area contributed by atoms with Crippen LogP contribution < -0.4 is 10.6 Å². The lowest BCUT2D eigenvalue weighted by Gasteiger charge is -2.10. The first-order valence-electron chi connectivity index (χ1n) is 5.68. The first-order chi connectivity index (χ1) is 7.59. The van der Waals surface area contributed by atoms with E-state index in [4.69, 9.17) is 0 Å². The third-order valence-corrected chi connectivity index (χ3v) is 2.26. The number of benzene rings is 1. The summed E-state index contributed by atoms with van der Waals surface area (Å²) in [5, 5.41) is 6.12. The van der Waals surface area contributed by atoms with Crippen LogP contribution in [0.4, 0.5) is 5.69 Å². The third kappa shape index (κ3) is 4.34. The smallest absolute Gasteiger partial charge is 0.221 e. The minimum Gasteiger partial charge on any atom is -0.384 e. The van der Waals surface area contributed by atoms with Gasteiger partial charge in [0.15, 0.2) is 0 Å². The predicted molar refractivity (Wildman–Crippen MR) is 67.6 cm³/mol. The Morgan fingerprint density at radius 1 is 1.31 bits per heavy atom. The summed E-state index contributed by atoms with van der Waals surface area (Å²) in [6, 6.07) is 8.28. The molecule has 2 N–H and O–H groups in total. The van der Waals surface area contributed by atoms with Gasteiger partial charge in [0.1, 0.15) is 0 Å². The minimum atomic E-state index is 0.0936. The number of hydrogen-bond donors (Lipinski definition) is 2. The van der Waals surface area contributed by atoms with E-state index in [1.807, 2.05) is 32.0 Å². The Morgan fingerprint density at radius 2 is 2.00 bits per heavy atom. The van der Waals surface area contributed by atoms with Crippen molar-refractivity contribution in [2.75, 3.05) is 11.9 Å². The third-order valence-electron chi connectivity index (χ3n) is 2.26. The normalized spacial score (nSPS) is 10.2. The lowest BCUT2D eigenvalue weighted by molar-refractivity contribution is -0.121. The van der Waals surface area contributed by atoms with Gasteiger partial charge in [0.2, 0.25) is 5.91 Å². The molecular formula is C13H20N2O. The molecule has 3 nitrogen and oxygen atoms in total. The zero-order chi connectivity index (χ0) is 12.0. The molecule has 0 spiro atoms. The number of carbonyl (C=O) groups is 1. The predicted octanol–water partition coefficient (Wildman–Crippen LogP) is 2.32. The van der Waals surface area contributed by atoms with E-state index in [0.717, 1.165) is 5.69 Å². The summed E-state index contributed by atoms with van der Waals surface area (Å²) in [7, 11) is 0. The minimum absolute atomic E-state index is 0.0936. The molecule has 0 atom stereocenters. The van der Waals surface area contributed by atoms with Gasteiger partial charge in [-0.3, -0.25) is 4.79 Å². The number of carbonyl (C=O) groups excluding carboxylic acids is 1. The van der Waals surface area contributed by atoms with E-state index < -0.39 is 0 Å². The Hall–Kier alpha value is -1.51. The van der Waals surface area contributed by atoms with Crippen LogP contribution in [0.2, 0.25) is 0 Å². The summed E-state index contributed by atoms with van der Waals surface area (Å²) in [6.07, 6.45) is 0.506. The number of para-hydroxylation sites is 1. The molecule has 0 unspecified atom stereocenters. The Bertz CT molecular complexity index is 348. The van der Waals surface area contributed by atoms with Crippen LogP contribution in [0.3, 0.4) is 0 Å². The number of rotatable bonds is 5. The molecular weight excluding hydrogens is 200 g/mol. The van der Waals surface area contributed by atoms with Crippen LogP contribution in [0, 0.1) is 6.92 Å². The molecule has 88 valence electrons. The molecule has 0 saturated carbocycles. The van der Waals surface area contributed by atoms with Crippen molar-refractivity contribution in [2.24, 2.45) is 0 Å². The first kappa shape index (κ1) is 12.6. The van der Waals surface area contributed by atoms with Crippen molar-refractivity contribution in [1.82, 2.24) is 5.32 Å². The number of nitrogens with one attached hydrogen (secondary N) is 2.